The lowest BCUT2D eigenvalue weighted by atomic mass is 10.2. The van der Waals surface area contributed by atoms with E-state index in [1.165, 1.54) is 12.8 Å². The fourth-order valence-corrected chi connectivity index (χ4v) is 2.13. The van der Waals surface area contributed by atoms with Crippen molar-refractivity contribution in [2.45, 2.75) is 31.8 Å². The van der Waals surface area contributed by atoms with Gasteiger partial charge in [0, 0.05) is 12.7 Å². The third-order valence-electron chi connectivity index (χ3n) is 3.13. The minimum Gasteiger partial charge on any atom is -0.376 e. The Labute approximate surface area is 110 Å². The molecule has 0 saturated heterocycles. The van der Waals surface area contributed by atoms with Crippen LogP contribution in [-0.4, -0.2) is 30.1 Å². The lowest BCUT2D eigenvalue weighted by Crippen LogP contribution is -2.29. The number of ether oxygens (including phenoxy) is 1. The van der Waals surface area contributed by atoms with Gasteiger partial charge >= 0.3 is 0 Å². The Balaban J connectivity index is 1.76. The average molecular weight is 270 g/mol. The topological polar surface area (TPSA) is 51.2 Å². The van der Waals surface area contributed by atoms with Gasteiger partial charge < -0.3 is 10.1 Å². The second-order valence-corrected chi connectivity index (χ2v) is 4.50. The maximum absolute atomic E-state index is 13.3. The molecule has 1 saturated carbocycles. The highest BCUT2D eigenvalue weighted by atomic mass is 19.2. The van der Waals surface area contributed by atoms with Gasteiger partial charge in [-0.25, -0.2) is 9.37 Å². The minimum atomic E-state index is -1.27. The van der Waals surface area contributed by atoms with Crippen LogP contribution in [-0.2, 0) is 4.74 Å². The van der Waals surface area contributed by atoms with Gasteiger partial charge in [-0.05, 0) is 18.9 Å². The van der Waals surface area contributed by atoms with Gasteiger partial charge in [0.25, 0.3) is 5.91 Å². The molecule has 0 atom stereocenters. The summed E-state index contributed by atoms with van der Waals surface area (Å²) in [6.07, 6.45) is 5.79. The highest BCUT2D eigenvalue weighted by molar-refractivity contribution is 5.94. The standard InChI is InChI=1S/C13H16F2N2O2/c14-11-10(5-6-16-12(11)15)13(18)17-7-8-19-9-3-1-2-4-9/h5-6,9H,1-4,7-8H2,(H,17,18). The van der Waals surface area contributed by atoms with Crippen molar-refractivity contribution in [3.63, 3.8) is 0 Å². The van der Waals surface area contributed by atoms with Gasteiger partial charge in [-0.3, -0.25) is 4.79 Å². The normalized spacial score (nSPS) is 15.7. The molecule has 1 amide bonds. The van der Waals surface area contributed by atoms with Crippen LogP contribution in [0.2, 0.25) is 0 Å². The number of amides is 1. The zero-order valence-electron chi connectivity index (χ0n) is 10.5. The Kier molecular flexibility index (Phi) is 4.79. The third-order valence-corrected chi connectivity index (χ3v) is 3.13. The van der Waals surface area contributed by atoms with Gasteiger partial charge in [0.2, 0.25) is 5.95 Å². The lowest BCUT2D eigenvalue weighted by molar-refractivity contribution is 0.0581. The molecule has 1 heterocycles. The van der Waals surface area contributed by atoms with Crippen molar-refractivity contribution in [1.82, 2.24) is 10.3 Å². The number of carbonyl (C=O) groups excluding carboxylic acids is 1. The van der Waals surface area contributed by atoms with Crippen molar-refractivity contribution in [1.29, 1.82) is 0 Å². The zero-order valence-corrected chi connectivity index (χ0v) is 10.5. The smallest absolute Gasteiger partial charge is 0.254 e. The molecule has 1 aromatic rings. The van der Waals surface area contributed by atoms with E-state index in [9.17, 15) is 13.6 Å². The number of nitrogens with one attached hydrogen (secondary N) is 1. The van der Waals surface area contributed by atoms with E-state index < -0.39 is 17.7 Å². The first-order valence-corrected chi connectivity index (χ1v) is 6.38. The quantitative estimate of drug-likeness (QED) is 0.658. The number of rotatable bonds is 5. The number of hydrogen-bond donors (Lipinski definition) is 1. The molecule has 1 aromatic heterocycles. The summed E-state index contributed by atoms with van der Waals surface area (Å²) in [6, 6.07) is 1.14. The molecule has 2 rings (SSSR count). The number of nitrogens with zero attached hydrogens (tertiary/aromatic N) is 1. The second kappa shape index (κ2) is 6.56. The first kappa shape index (κ1) is 13.9. The Morgan fingerprint density at radius 1 is 1.42 bits per heavy atom. The van der Waals surface area contributed by atoms with Crippen molar-refractivity contribution in [2.75, 3.05) is 13.2 Å². The molecule has 0 aliphatic heterocycles. The van der Waals surface area contributed by atoms with Gasteiger partial charge in [0.1, 0.15) is 0 Å². The molecule has 0 spiro atoms. The number of hydrogen-bond acceptors (Lipinski definition) is 3. The van der Waals surface area contributed by atoms with E-state index in [1.807, 2.05) is 0 Å². The number of aromatic nitrogens is 1. The van der Waals surface area contributed by atoms with E-state index in [0.717, 1.165) is 25.1 Å². The largest absolute Gasteiger partial charge is 0.376 e. The van der Waals surface area contributed by atoms with Crippen LogP contribution in [0.5, 0.6) is 0 Å². The first-order chi connectivity index (χ1) is 9.18. The average Bonchev–Trinajstić information content (AvgIpc) is 2.91. The van der Waals surface area contributed by atoms with Crippen LogP contribution >= 0.6 is 0 Å². The van der Waals surface area contributed by atoms with E-state index in [-0.39, 0.29) is 18.2 Å². The molecule has 0 unspecified atom stereocenters. The predicted octanol–water partition coefficient (Wildman–Crippen LogP) is 2.05. The highest BCUT2D eigenvalue weighted by Gasteiger charge is 2.17. The molecular weight excluding hydrogens is 254 g/mol. The molecule has 104 valence electrons. The molecule has 0 radical (unpaired) electrons. The molecule has 6 heteroatoms. The monoisotopic (exact) mass is 270 g/mol. The molecule has 1 N–H and O–H groups in total. The van der Waals surface area contributed by atoms with Gasteiger partial charge in [0.15, 0.2) is 5.82 Å². The molecule has 0 bridgehead atoms. The summed E-state index contributed by atoms with van der Waals surface area (Å²) in [4.78, 5) is 14.7. The van der Waals surface area contributed by atoms with Gasteiger partial charge in [-0.15, -0.1) is 0 Å². The van der Waals surface area contributed by atoms with E-state index >= 15 is 0 Å². The molecule has 1 aliphatic carbocycles. The predicted molar refractivity (Wildman–Crippen MR) is 64.7 cm³/mol. The zero-order chi connectivity index (χ0) is 13.7. The maximum Gasteiger partial charge on any atom is 0.254 e. The fraction of sp³-hybridized carbons (Fsp3) is 0.538. The summed E-state index contributed by atoms with van der Waals surface area (Å²) in [6.45, 7) is 0.657. The molecular formula is C13H16F2N2O2. The number of carbonyl (C=O) groups is 1. The lowest BCUT2D eigenvalue weighted by Gasteiger charge is -2.11. The van der Waals surface area contributed by atoms with Crippen LogP contribution < -0.4 is 5.32 Å². The van der Waals surface area contributed by atoms with E-state index in [0.29, 0.717) is 6.61 Å². The van der Waals surface area contributed by atoms with Crippen LogP contribution in [0, 0.1) is 11.8 Å². The minimum absolute atomic E-state index is 0.270. The van der Waals surface area contributed by atoms with E-state index in [1.54, 1.807) is 0 Å². The summed E-state index contributed by atoms with van der Waals surface area (Å²) in [5.41, 5.74) is -0.339. The first-order valence-electron chi connectivity index (χ1n) is 6.38. The van der Waals surface area contributed by atoms with Crippen molar-refractivity contribution >= 4 is 5.91 Å². The summed E-state index contributed by atoms with van der Waals surface area (Å²) in [5, 5.41) is 2.49. The Morgan fingerprint density at radius 2 is 2.16 bits per heavy atom. The Morgan fingerprint density at radius 3 is 2.89 bits per heavy atom. The molecule has 1 aliphatic rings. The second-order valence-electron chi connectivity index (χ2n) is 4.50. The van der Waals surface area contributed by atoms with Crippen molar-refractivity contribution in [3.05, 3.63) is 29.6 Å². The Bertz CT molecular complexity index is 448. The van der Waals surface area contributed by atoms with Crippen molar-refractivity contribution < 1.29 is 18.3 Å². The molecule has 19 heavy (non-hydrogen) atoms. The molecule has 4 nitrogen and oxygen atoms in total. The number of halogens is 2. The summed E-state index contributed by atoms with van der Waals surface area (Å²) >= 11 is 0. The molecule has 1 fully saturated rings. The SMILES string of the molecule is O=C(NCCOC1CCCC1)c1ccnc(F)c1F. The van der Waals surface area contributed by atoms with Crippen molar-refractivity contribution in [2.24, 2.45) is 0 Å². The maximum atomic E-state index is 13.3. The van der Waals surface area contributed by atoms with Crippen LogP contribution in [0.25, 0.3) is 0 Å². The summed E-state index contributed by atoms with van der Waals surface area (Å²) in [5.74, 6) is -3.15. The van der Waals surface area contributed by atoms with E-state index in [4.69, 9.17) is 4.74 Å². The summed E-state index contributed by atoms with van der Waals surface area (Å²) in [7, 11) is 0. The van der Waals surface area contributed by atoms with Crippen molar-refractivity contribution in [3.8, 4) is 0 Å². The van der Waals surface area contributed by atoms with Crippen LogP contribution in [0.3, 0.4) is 0 Å². The van der Waals surface area contributed by atoms with Crippen LogP contribution in [0.1, 0.15) is 36.0 Å². The number of pyridine rings is 1. The Hall–Kier alpha value is -1.56. The van der Waals surface area contributed by atoms with Crippen LogP contribution in [0.4, 0.5) is 8.78 Å². The van der Waals surface area contributed by atoms with Crippen LogP contribution in [0.15, 0.2) is 12.3 Å². The third kappa shape index (κ3) is 3.70. The van der Waals surface area contributed by atoms with Gasteiger partial charge in [0.05, 0.1) is 18.3 Å². The van der Waals surface area contributed by atoms with E-state index in [2.05, 4.69) is 10.3 Å². The summed E-state index contributed by atoms with van der Waals surface area (Å²) < 4.78 is 31.7. The molecule has 0 aromatic carbocycles. The van der Waals surface area contributed by atoms with Gasteiger partial charge in [-0.2, -0.15) is 4.39 Å². The van der Waals surface area contributed by atoms with Gasteiger partial charge in [-0.1, -0.05) is 12.8 Å². The highest BCUT2D eigenvalue weighted by Crippen LogP contribution is 2.20. The fourth-order valence-electron chi connectivity index (χ4n) is 2.13.